The molecule has 8 N–H and O–H groups in total. The first-order chi connectivity index (χ1) is 15.6. The molecule has 0 aliphatic heterocycles. The van der Waals surface area contributed by atoms with Crippen molar-refractivity contribution in [2.75, 3.05) is 22.9 Å². The Morgan fingerprint density at radius 1 is 1.36 bits per heavy atom. The molecule has 2 atom stereocenters. The van der Waals surface area contributed by atoms with Gasteiger partial charge in [0.05, 0.1) is 0 Å². The first-order valence-corrected chi connectivity index (χ1v) is 10.6. The van der Waals surface area contributed by atoms with Gasteiger partial charge in [0.25, 0.3) is 11.8 Å². The van der Waals surface area contributed by atoms with E-state index in [4.69, 9.17) is 15.9 Å². The van der Waals surface area contributed by atoms with Gasteiger partial charge in [0.1, 0.15) is 11.3 Å². The van der Waals surface area contributed by atoms with Crippen LogP contribution in [0.1, 0.15) is 55.9 Å². The second kappa shape index (κ2) is 9.30. The van der Waals surface area contributed by atoms with E-state index >= 15 is 0 Å². The van der Waals surface area contributed by atoms with Crippen molar-refractivity contribution < 1.29 is 24.5 Å². The fourth-order valence-corrected chi connectivity index (χ4v) is 3.62. The first kappa shape index (κ1) is 23.7. The maximum absolute atomic E-state index is 12.1. The second-order valence-corrected chi connectivity index (χ2v) is 7.84. The molecule has 0 saturated heterocycles. The van der Waals surface area contributed by atoms with E-state index in [9.17, 15) is 20.1 Å². The zero-order chi connectivity index (χ0) is 24.3. The highest BCUT2D eigenvalue weighted by Gasteiger charge is 2.34. The number of hydrogen-bond donors (Lipinski definition) is 6. The third-order valence-electron chi connectivity index (χ3n) is 5.62. The average Bonchev–Trinajstić information content (AvgIpc) is 3.07. The minimum absolute atomic E-state index is 0.00949. The highest BCUT2D eigenvalue weighted by Crippen LogP contribution is 2.45. The number of nitrogens with zero attached hydrogens (tertiary/aromatic N) is 3. The van der Waals surface area contributed by atoms with Crippen LogP contribution in [0.5, 0.6) is 11.5 Å². The number of aromatic nitrogens is 2. The van der Waals surface area contributed by atoms with E-state index in [2.05, 4.69) is 33.7 Å². The lowest BCUT2D eigenvalue weighted by Crippen LogP contribution is -2.37. The van der Waals surface area contributed by atoms with Crippen LogP contribution in [-0.2, 0) is 0 Å². The normalized spacial score (nSPS) is 19.9. The Bertz CT molecular complexity index is 1130. The van der Waals surface area contributed by atoms with E-state index in [1.54, 1.807) is 6.92 Å². The number of hydrogen-bond acceptors (Lipinski definition) is 10. The number of amides is 1. The molecule has 0 aromatic carbocycles. The van der Waals surface area contributed by atoms with Gasteiger partial charge in [-0.05, 0) is 38.0 Å². The Hall–Kier alpha value is -3.91. The molecule has 1 fully saturated rings. The van der Waals surface area contributed by atoms with E-state index in [1.165, 1.54) is 6.20 Å². The molecule has 1 aliphatic rings. The predicted molar refractivity (Wildman–Crippen MR) is 123 cm³/mol. The first-order valence-electron chi connectivity index (χ1n) is 10.6. The Balaban J connectivity index is 2.05. The van der Waals surface area contributed by atoms with Crippen molar-refractivity contribution >= 4 is 29.1 Å². The Labute approximate surface area is 191 Å². The number of aliphatic hydroxyl groups is 1. The Morgan fingerprint density at radius 2 is 2.09 bits per heavy atom. The molecule has 1 amide bonds. The predicted octanol–water partition coefficient (Wildman–Crippen LogP) is 1.97. The molecule has 176 valence electrons. The summed E-state index contributed by atoms with van der Waals surface area (Å²) in [6, 6.07) is 0. The van der Waals surface area contributed by atoms with Crippen LogP contribution in [0.25, 0.3) is 0 Å². The third-order valence-corrected chi connectivity index (χ3v) is 5.62. The summed E-state index contributed by atoms with van der Waals surface area (Å²) >= 11 is 0. The molecule has 0 spiro atoms. The molecule has 3 rings (SSSR count). The summed E-state index contributed by atoms with van der Waals surface area (Å²) in [7, 11) is 0. The van der Waals surface area contributed by atoms with Crippen molar-refractivity contribution in [2.24, 2.45) is 5.92 Å². The summed E-state index contributed by atoms with van der Waals surface area (Å²) in [4.78, 5) is 21.6. The molecule has 11 heteroatoms. The van der Waals surface area contributed by atoms with Crippen molar-refractivity contribution in [3.63, 3.8) is 0 Å². The Morgan fingerprint density at radius 3 is 2.73 bits per heavy atom. The highest BCUT2D eigenvalue weighted by molar-refractivity contribution is 5.96. The second-order valence-electron chi connectivity index (χ2n) is 7.84. The van der Waals surface area contributed by atoms with Gasteiger partial charge in [-0.2, -0.15) is 0 Å². The lowest BCUT2D eigenvalue weighted by Gasteiger charge is -2.33. The van der Waals surface area contributed by atoms with Crippen molar-refractivity contribution in [2.45, 2.75) is 45.1 Å². The molecule has 2 heterocycles. The van der Waals surface area contributed by atoms with Gasteiger partial charge in [-0.1, -0.05) is 25.8 Å². The minimum Gasteiger partial charge on any atom is -0.501 e. The molecule has 2 aromatic rings. The maximum Gasteiger partial charge on any atom is 0.291 e. The summed E-state index contributed by atoms with van der Waals surface area (Å²) in [5.74, 6) is 2.41. The highest BCUT2D eigenvalue weighted by atomic mass is 16.4. The van der Waals surface area contributed by atoms with E-state index in [0.29, 0.717) is 6.42 Å². The van der Waals surface area contributed by atoms with Crippen molar-refractivity contribution in [1.29, 1.82) is 0 Å². The van der Waals surface area contributed by atoms with E-state index in [0.717, 1.165) is 24.2 Å². The van der Waals surface area contributed by atoms with Crippen molar-refractivity contribution in [3.8, 4) is 23.3 Å². The van der Waals surface area contributed by atoms with E-state index < -0.39 is 28.8 Å². The van der Waals surface area contributed by atoms with Crippen LogP contribution in [0.3, 0.4) is 0 Å². The van der Waals surface area contributed by atoms with Crippen LogP contribution >= 0.6 is 0 Å². The number of anilines is 4. The largest absolute Gasteiger partial charge is 0.501 e. The minimum atomic E-state index is -1.16. The lowest BCUT2D eigenvalue weighted by atomic mass is 9.77. The van der Waals surface area contributed by atoms with Crippen LogP contribution in [-0.4, -0.2) is 43.3 Å². The summed E-state index contributed by atoms with van der Waals surface area (Å²) in [5, 5.41) is 33.9. The zero-order valence-electron chi connectivity index (χ0n) is 18.6. The number of aromatic hydroxyl groups is 2. The number of rotatable bonds is 5. The lowest BCUT2D eigenvalue weighted by molar-refractivity contribution is 0.0126. The van der Waals surface area contributed by atoms with E-state index in [1.807, 2.05) is 6.92 Å². The topological polar surface area (TPSA) is 184 Å². The molecule has 2 unspecified atom stereocenters. The molecule has 2 aromatic heterocycles. The van der Waals surface area contributed by atoms with Gasteiger partial charge in [0.15, 0.2) is 11.6 Å². The molecule has 0 bridgehead atoms. The number of furan rings is 1. The summed E-state index contributed by atoms with van der Waals surface area (Å²) in [6.07, 6.45) is 4.50. The smallest absolute Gasteiger partial charge is 0.291 e. The standard InChI is InChI=1S/C22H28N6O5/c1-4-25-20(31)17-15(29)16(30)21(33-17)28(5-2)19-14(23)18(24)26-13(27-19)9-11-22(32)10-7-6-8-12(22)3/h5,12,29-30,32H,2,4,6-8,10,23H2,1,3H3,(H,25,31)(H2,24,26,27). The molecule has 11 nitrogen and oxygen atoms in total. The number of nitrogens with one attached hydrogen (secondary N) is 1. The Kier molecular flexibility index (Phi) is 6.69. The molecule has 1 aliphatic carbocycles. The van der Waals surface area contributed by atoms with Gasteiger partial charge < -0.3 is 36.5 Å². The van der Waals surface area contributed by atoms with Gasteiger partial charge in [-0.3, -0.25) is 9.69 Å². The zero-order valence-corrected chi connectivity index (χ0v) is 18.6. The van der Waals surface area contributed by atoms with Crippen molar-refractivity contribution in [3.05, 3.63) is 24.4 Å². The van der Waals surface area contributed by atoms with Gasteiger partial charge in [-0.15, -0.1) is 0 Å². The van der Waals surface area contributed by atoms with E-state index in [-0.39, 0.29) is 41.5 Å². The van der Waals surface area contributed by atoms with Crippen LogP contribution in [0.4, 0.5) is 23.2 Å². The van der Waals surface area contributed by atoms with Crippen LogP contribution in [0.15, 0.2) is 17.2 Å². The number of nitrogens with two attached hydrogens (primary N) is 2. The van der Waals surface area contributed by atoms with Crippen molar-refractivity contribution in [1.82, 2.24) is 15.3 Å². The summed E-state index contributed by atoms with van der Waals surface area (Å²) in [6.45, 7) is 7.56. The molecular formula is C22H28N6O5. The quantitative estimate of drug-likeness (QED) is 0.363. The average molecular weight is 457 g/mol. The fraction of sp³-hybridized carbons (Fsp3) is 0.409. The monoisotopic (exact) mass is 456 g/mol. The van der Waals surface area contributed by atoms with Gasteiger partial charge in [0, 0.05) is 12.7 Å². The summed E-state index contributed by atoms with van der Waals surface area (Å²) < 4.78 is 5.40. The van der Waals surface area contributed by atoms with Gasteiger partial charge in [-0.25, -0.2) is 9.97 Å². The molecule has 33 heavy (non-hydrogen) atoms. The van der Waals surface area contributed by atoms with Crippen LogP contribution in [0, 0.1) is 17.8 Å². The van der Waals surface area contributed by atoms with Gasteiger partial charge in [0.2, 0.25) is 23.1 Å². The van der Waals surface area contributed by atoms with Crippen LogP contribution in [0.2, 0.25) is 0 Å². The van der Waals surface area contributed by atoms with Gasteiger partial charge >= 0.3 is 0 Å². The fourth-order valence-electron chi connectivity index (χ4n) is 3.62. The number of carbonyl (C=O) groups is 1. The number of nitrogen functional groups attached to an aromatic ring is 2. The maximum atomic E-state index is 12.1. The SMILES string of the molecule is C=CN(c1nc(C#CC2(O)CCCCC2C)nc(N)c1N)c1oc(C(=O)NCC)c(O)c1O. The third kappa shape index (κ3) is 4.51. The summed E-state index contributed by atoms with van der Waals surface area (Å²) in [5.41, 5.74) is 10.8. The molecule has 0 radical (unpaired) electrons. The number of carbonyl (C=O) groups excluding carboxylic acids is 1. The van der Waals surface area contributed by atoms with Crippen LogP contribution < -0.4 is 21.7 Å². The molecule has 1 saturated carbocycles. The molecular weight excluding hydrogens is 428 g/mol.